The van der Waals surface area contributed by atoms with Crippen molar-refractivity contribution in [3.8, 4) is 11.8 Å². The summed E-state index contributed by atoms with van der Waals surface area (Å²) in [5.41, 5.74) is 7.85. The molecule has 3 heteroatoms. The summed E-state index contributed by atoms with van der Waals surface area (Å²) in [5.74, 6) is 5.69. The molecule has 100 valence electrons. The van der Waals surface area contributed by atoms with Crippen molar-refractivity contribution in [2.45, 2.75) is 6.42 Å². The standard InChI is InChI=1S/C17H16N2O/c18-12-6-10-15-9-4-5-11-16(15)19-17(20)13-14-7-2-1-3-8-14/h1-5,7-9,11H,12-13,18H2,(H,19,20). The number of nitrogens with one attached hydrogen (secondary N) is 1. The van der Waals surface area contributed by atoms with Gasteiger partial charge in [0, 0.05) is 5.56 Å². The maximum Gasteiger partial charge on any atom is 0.228 e. The lowest BCUT2D eigenvalue weighted by atomic mass is 10.1. The Labute approximate surface area is 118 Å². The highest BCUT2D eigenvalue weighted by atomic mass is 16.1. The minimum absolute atomic E-state index is 0.0572. The molecule has 0 bridgehead atoms. The summed E-state index contributed by atoms with van der Waals surface area (Å²) in [7, 11) is 0. The van der Waals surface area contributed by atoms with E-state index in [2.05, 4.69) is 17.2 Å². The molecule has 0 radical (unpaired) electrons. The maximum absolute atomic E-state index is 12.0. The Morgan fingerprint density at radius 2 is 1.75 bits per heavy atom. The third kappa shape index (κ3) is 3.98. The Morgan fingerprint density at radius 1 is 1.05 bits per heavy atom. The summed E-state index contributed by atoms with van der Waals surface area (Å²) in [6.45, 7) is 0.298. The third-order valence-electron chi connectivity index (χ3n) is 2.73. The third-order valence-corrected chi connectivity index (χ3v) is 2.73. The highest BCUT2D eigenvalue weighted by Crippen LogP contribution is 2.14. The molecule has 3 N–H and O–H groups in total. The predicted molar refractivity (Wildman–Crippen MR) is 81.2 cm³/mol. The van der Waals surface area contributed by atoms with Gasteiger partial charge in [-0.2, -0.15) is 0 Å². The largest absolute Gasteiger partial charge is 0.325 e. The lowest BCUT2D eigenvalue weighted by molar-refractivity contribution is -0.115. The predicted octanol–water partition coefficient (Wildman–Crippen LogP) is 2.18. The number of amides is 1. The monoisotopic (exact) mass is 264 g/mol. The van der Waals surface area contributed by atoms with Gasteiger partial charge in [0.25, 0.3) is 0 Å². The summed E-state index contributed by atoms with van der Waals surface area (Å²) < 4.78 is 0. The number of hydrogen-bond donors (Lipinski definition) is 2. The van der Waals surface area contributed by atoms with Gasteiger partial charge in [0.2, 0.25) is 5.91 Å². The molecule has 1 amide bonds. The van der Waals surface area contributed by atoms with Crippen LogP contribution in [0.5, 0.6) is 0 Å². The van der Waals surface area contributed by atoms with Gasteiger partial charge in [-0.3, -0.25) is 4.79 Å². The van der Waals surface area contributed by atoms with E-state index in [1.54, 1.807) is 0 Å². The molecule has 0 spiro atoms. The second-order valence-corrected chi connectivity index (χ2v) is 4.26. The molecule has 2 aromatic rings. The fraction of sp³-hybridized carbons (Fsp3) is 0.118. The molecule has 0 aliphatic rings. The van der Waals surface area contributed by atoms with Crippen LogP contribution in [0.25, 0.3) is 0 Å². The van der Waals surface area contributed by atoms with Gasteiger partial charge in [0.05, 0.1) is 18.7 Å². The Bertz CT molecular complexity index is 639. The highest BCUT2D eigenvalue weighted by molar-refractivity contribution is 5.93. The minimum atomic E-state index is -0.0572. The highest BCUT2D eigenvalue weighted by Gasteiger charge is 2.06. The number of rotatable bonds is 3. The van der Waals surface area contributed by atoms with Gasteiger partial charge in [-0.05, 0) is 17.7 Å². The summed E-state index contributed by atoms with van der Waals surface area (Å²) >= 11 is 0. The Hall–Kier alpha value is -2.57. The van der Waals surface area contributed by atoms with Gasteiger partial charge in [0.15, 0.2) is 0 Å². The van der Waals surface area contributed by atoms with Crippen molar-refractivity contribution >= 4 is 11.6 Å². The molecule has 0 unspecified atom stereocenters. The average Bonchev–Trinajstić information content (AvgIpc) is 2.47. The fourth-order valence-corrected chi connectivity index (χ4v) is 1.82. The van der Waals surface area contributed by atoms with E-state index in [0.29, 0.717) is 13.0 Å². The van der Waals surface area contributed by atoms with E-state index in [4.69, 9.17) is 5.73 Å². The molecule has 2 aromatic carbocycles. The van der Waals surface area contributed by atoms with Crippen molar-refractivity contribution in [2.24, 2.45) is 5.73 Å². The first-order valence-electron chi connectivity index (χ1n) is 6.41. The quantitative estimate of drug-likeness (QED) is 0.835. The van der Waals surface area contributed by atoms with Crippen molar-refractivity contribution in [1.29, 1.82) is 0 Å². The number of carbonyl (C=O) groups is 1. The van der Waals surface area contributed by atoms with E-state index < -0.39 is 0 Å². The van der Waals surface area contributed by atoms with Gasteiger partial charge in [0.1, 0.15) is 0 Å². The number of para-hydroxylation sites is 1. The summed E-state index contributed by atoms with van der Waals surface area (Å²) in [4.78, 5) is 12.0. The van der Waals surface area contributed by atoms with Crippen LogP contribution in [0.1, 0.15) is 11.1 Å². The number of nitrogens with two attached hydrogens (primary N) is 1. The van der Waals surface area contributed by atoms with Crippen LogP contribution in [-0.2, 0) is 11.2 Å². The lowest BCUT2D eigenvalue weighted by Gasteiger charge is -2.07. The van der Waals surface area contributed by atoms with Gasteiger partial charge < -0.3 is 11.1 Å². The molecule has 0 saturated carbocycles. The van der Waals surface area contributed by atoms with E-state index in [1.165, 1.54) is 0 Å². The topological polar surface area (TPSA) is 55.1 Å². The van der Waals surface area contributed by atoms with E-state index >= 15 is 0 Å². The fourth-order valence-electron chi connectivity index (χ4n) is 1.82. The molecule has 2 rings (SSSR count). The van der Waals surface area contributed by atoms with Crippen molar-refractivity contribution in [2.75, 3.05) is 11.9 Å². The van der Waals surface area contributed by atoms with Gasteiger partial charge >= 0.3 is 0 Å². The van der Waals surface area contributed by atoms with E-state index in [-0.39, 0.29) is 5.91 Å². The lowest BCUT2D eigenvalue weighted by Crippen LogP contribution is -2.15. The first-order valence-corrected chi connectivity index (χ1v) is 6.41. The van der Waals surface area contributed by atoms with Crippen molar-refractivity contribution < 1.29 is 4.79 Å². The first-order chi connectivity index (χ1) is 9.79. The zero-order chi connectivity index (χ0) is 14.2. The van der Waals surface area contributed by atoms with Crippen LogP contribution in [-0.4, -0.2) is 12.5 Å². The van der Waals surface area contributed by atoms with Crippen LogP contribution in [0, 0.1) is 11.8 Å². The van der Waals surface area contributed by atoms with Crippen LogP contribution in [0.4, 0.5) is 5.69 Å². The van der Waals surface area contributed by atoms with E-state index in [1.807, 2.05) is 54.6 Å². The van der Waals surface area contributed by atoms with Crippen molar-refractivity contribution in [3.63, 3.8) is 0 Å². The second-order valence-electron chi connectivity index (χ2n) is 4.26. The molecule has 20 heavy (non-hydrogen) atoms. The Balaban J connectivity index is 2.08. The summed E-state index contributed by atoms with van der Waals surface area (Å²) in [6.07, 6.45) is 0.347. The van der Waals surface area contributed by atoms with Crippen LogP contribution >= 0.6 is 0 Å². The van der Waals surface area contributed by atoms with E-state index in [0.717, 1.165) is 16.8 Å². The van der Waals surface area contributed by atoms with Gasteiger partial charge in [-0.15, -0.1) is 0 Å². The smallest absolute Gasteiger partial charge is 0.228 e. The molecule has 0 fully saturated rings. The maximum atomic E-state index is 12.0. The molecule has 0 aromatic heterocycles. The number of anilines is 1. The number of carbonyl (C=O) groups excluding carboxylic acids is 1. The zero-order valence-electron chi connectivity index (χ0n) is 11.1. The van der Waals surface area contributed by atoms with Gasteiger partial charge in [-0.1, -0.05) is 54.3 Å². The van der Waals surface area contributed by atoms with Crippen molar-refractivity contribution in [1.82, 2.24) is 0 Å². The van der Waals surface area contributed by atoms with Crippen LogP contribution < -0.4 is 11.1 Å². The molecule has 0 aliphatic heterocycles. The van der Waals surface area contributed by atoms with E-state index in [9.17, 15) is 4.79 Å². The summed E-state index contributed by atoms with van der Waals surface area (Å²) in [6, 6.07) is 17.1. The Morgan fingerprint density at radius 3 is 2.50 bits per heavy atom. The molecule has 0 atom stereocenters. The van der Waals surface area contributed by atoms with Gasteiger partial charge in [-0.25, -0.2) is 0 Å². The molecular formula is C17H16N2O. The van der Waals surface area contributed by atoms with Crippen LogP contribution in [0.3, 0.4) is 0 Å². The number of benzene rings is 2. The van der Waals surface area contributed by atoms with Crippen molar-refractivity contribution in [3.05, 3.63) is 65.7 Å². The molecule has 0 heterocycles. The zero-order valence-corrected chi connectivity index (χ0v) is 11.1. The second kappa shape index (κ2) is 7.13. The summed E-state index contributed by atoms with van der Waals surface area (Å²) in [5, 5.41) is 2.89. The minimum Gasteiger partial charge on any atom is -0.325 e. The van der Waals surface area contributed by atoms with Crippen LogP contribution in [0.15, 0.2) is 54.6 Å². The SMILES string of the molecule is NCC#Cc1ccccc1NC(=O)Cc1ccccc1. The molecular weight excluding hydrogens is 248 g/mol. The molecule has 3 nitrogen and oxygen atoms in total. The van der Waals surface area contributed by atoms with Crippen LogP contribution in [0.2, 0.25) is 0 Å². The molecule has 0 aliphatic carbocycles. The first kappa shape index (κ1) is 13.9. The average molecular weight is 264 g/mol. The molecule has 0 saturated heterocycles. The Kier molecular flexibility index (Phi) is 4.94. The normalized spacial score (nSPS) is 9.45. The number of hydrogen-bond acceptors (Lipinski definition) is 2.